The molecule has 0 radical (unpaired) electrons. The van der Waals surface area contributed by atoms with Crippen LogP contribution in [-0.2, 0) is 18.3 Å². The van der Waals surface area contributed by atoms with Gasteiger partial charge >= 0.3 is 64.0 Å². The maximum atomic E-state index is 2.39. The molecule has 0 aromatic carbocycles. The summed E-state index contributed by atoms with van der Waals surface area (Å²) >= 11 is 6.18. The molecule has 0 N–H and O–H groups in total. The molecule has 0 heterocycles. The fraction of sp³-hybridized carbons (Fsp3) is 1.00. The van der Waals surface area contributed by atoms with E-state index in [0.29, 0.717) is 0 Å². The Labute approximate surface area is 63.1 Å². The fourth-order valence-electron chi connectivity index (χ4n) is 0. The van der Waals surface area contributed by atoms with E-state index in [4.69, 9.17) is 0 Å². The molecule has 0 aliphatic carbocycles. The van der Waals surface area contributed by atoms with Crippen molar-refractivity contribution in [3.63, 3.8) is 0 Å². The second-order valence-electron chi connectivity index (χ2n) is 0.391. The molecule has 0 fully saturated rings. The molecule has 21 valence electrons. The first-order chi connectivity index (χ1) is 1.73. The van der Waals surface area contributed by atoms with Gasteiger partial charge in [0.25, 0.3) is 0 Å². The van der Waals surface area contributed by atoms with E-state index in [1.54, 1.807) is 0 Å². The topological polar surface area (TPSA) is 0 Å². The summed E-state index contributed by atoms with van der Waals surface area (Å²) in [4.78, 5) is 0. The van der Waals surface area contributed by atoms with E-state index >= 15 is 0 Å². The van der Waals surface area contributed by atoms with Gasteiger partial charge in [-0.2, -0.15) is 0 Å². The van der Waals surface area contributed by atoms with E-state index in [9.17, 15) is 0 Å². The van der Waals surface area contributed by atoms with E-state index in [1.807, 2.05) is 0 Å². The molecule has 3 heteroatoms. The molecule has 0 nitrogen and oxygen atoms in total. The van der Waals surface area contributed by atoms with Crippen molar-refractivity contribution < 1.29 is 18.3 Å². The SMILES string of the molecule is [Zn][CH](I)I. The molecule has 0 aromatic rings. The van der Waals surface area contributed by atoms with Crippen LogP contribution in [0.5, 0.6) is 0 Å². The summed E-state index contributed by atoms with van der Waals surface area (Å²) in [5.41, 5.74) is 0. The Balaban J connectivity index is 2.32. The van der Waals surface area contributed by atoms with Gasteiger partial charge in [0.2, 0.25) is 0 Å². The zero-order valence-electron chi connectivity index (χ0n) is 2.04. The van der Waals surface area contributed by atoms with Crippen LogP contribution in [-0.4, -0.2) is 0.526 Å². The Bertz CT molecular complexity index is 10.8. The summed E-state index contributed by atoms with van der Waals surface area (Å²) < 4.78 is 0.898. The molecular formula is CHI2Zn. The molecule has 0 aliphatic heterocycles. The van der Waals surface area contributed by atoms with Crippen LogP contribution in [0, 0.1) is 0 Å². The summed E-state index contributed by atoms with van der Waals surface area (Å²) in [6.07, 6.45) is 0. The molecule has 0 aromatic heterocycles. The second kappa shape index (κ2) is 3.28. The van der Waals surface area contributed by atoms with Crippen LogP contribution < -0.4 is 0 Å². The van der Waals surface area contributed by atoms with Crippen LogP contribution >= 0.6 is 45.2 Å². The maximum absolute atomic E-state index is 2.39. The van der Waals surface area contributed by atoms with E-state index in [-0.39, 0.29) is 0 Å². The van der Waals surface area contributed by atoms with Gasteiger partial charge in [0, 0.05) is 0 Å². The van der Waals surface area contributed by atoms with Crippen molar-refractivity contribution >= 4 is 45.2 Å². The molecular weight excluding hydrogens is 331 g/mol. The standard InChI is InChI=1S/CHI2.Zn/c2-1-3;/h1H;. The third kappa shape index (κ3) is 8.94. The zero-order chi connectivity index (χ0) is 3.58. The Morgan fingerprint density at radius 3 is 1.50 bits per heavy atom. The average Bonchev–Trinajstić information content (AvgIpc) is 0.811. The molecule has 0 rings (SSSR count). The molecule has 0 atom stereocenters. The van der Waals surface area contributed by atoms with E-state index in [1.165, 1.54) is 18.3 Å². The van der Waals surface area contributed by atoms with E-state index < -0.39 is 0 Å². The second-order valence-corrected chi connectivity index (χ2v) is 14.5. The van der Waals surface area contributed by atoms with E-state index in [0.717, 1.165) is 0.526 Å². The molecule has 0 saturated heterocycles. The molecule has 0 amide bonds. The van der Waals surface area contributed by atoms with Gasteiger partial charge in [-0.05, 0) is 0 Å². The quantitative estimate of drug-likeness (QED) is 0.360. The van der Waals surface area contributed by atoms with Crippen molar-refractivity contribution in [1.82, 2.24) is 0 Å². The molecule has 0 unspecified atom stereocenters. The van der Waals surface area contributed by atoms with Gasteiger partial charge in [-0.1, -0.05) is 0 Å². The minimum absolute atomic E-state index is 0.898. The van der Waals surface area contributed by atoms with Crippen LogP contribution in [0.25, 0.3) is 0 Å². The summed E-state index contributed by atoms with van der Waals surface area (Å²) in [5.74, 6) is 0. The summed E-state index contributed by atoms with van der Waals surface area (Å²) in [5, 5.41) is 0. The van der Waals surface area contributed by atoms with Gasteiger partial charge in [-0.25, -0.2) is 0 Å². The number of hydrogen-bond acceptors (Lipinski definition) is 0. The monoisotopic (exact) mass is 331 g/mol. The van der Waals surface area contributed by atoms with Crippen molar-refractivity contribution in [2.75, 3.05) is 0 Å². The van der Waals surface area contributed by atoms with Gasteiger partial charge in [0.1, 0.15) is 0 Å². The van der Waals surface area contributed by atoms with Crippen molar-refractivity contribution in [2.45, 2.75) is 0.526 Å². The predicted octanol–water partition coefficient (Wildman–Crippen LogP) is 1.69. The van der Waals surface area contributed by atoms with Gasteiger partial charge in [-0.15, -0.1) is 0 Å². The Morgan fingerprint density at radius 1 is 1.50 bits per heavy atom. The Hall–Kier alpha value is 2.08. The van der Waals surface area contributed by atoms with Crippen LogP contribution in [0.2, 0.25) is 0 Å². The number of hydrogen-bond donors (Lipinski definition) is 0. The van der Waals surface area contributed by atoms with Crippen molar-refractivity contribution in [2.24, 2.45) is 0 Å². The van der Waals surface area contributed by atoms with Crippen molar-refractivity contribution in [3.05, 3.63) is 0 Å². The molecule has 0 saturated carbocycles. The number of alkyl halides is 2. The van der Waals surface area contributed by atoms with Crippen LogP contribution in [0.4, 0.5) is 0 Å². The Morgan fingerprint density at radius 2 is 1.50 bits per heavy atom. The first-order valence-corrected chi connectivity index (χ1v) is 5.05. The van der Waals surface area contributed by atoms with Gasteiger partial charge in [0.05, 0.1) is 0 Å². The first-order valence-electron chi connectivity index (χ1n) is 0.845. The normalized spacial score (nSPS) is 9.25. The first kappa shape index (κ1) is 6.08. The summed E-state index contributed by atoms with van der Waals surface area (Å²) in [6, 6.07) is 0. The predicted molar refractivity (Wildman–Crippen MR) is 31.8 cm³/mol. The van der Waals surface area contributed by atoms with Crippen LogP contribution in [0.3, 0.4) is 0 Å². The van der Waals surface area contributed by atoms with Crippen LogP contribution in [0.15, 0.2) is 0 Å². The average molecular weight is 332 g/mol. The minimum atomic E-state index is 0.898. The van der Waals surface area contributed by atoms with Crippen LogP contribution in [0.1, 0.15) is 0 Å². The Kier molecular flexibility index (Phi) is 4.99. The molecule has 0 aliphatic rings. The van der Waals surface area contributed by atoms with Gasteiger partial charge in [0.15, 0.2) is 0 Å². The van der Waals surface area contributed by atoms with E-state index in [2.05, 4.69) is 45.2 Å². The number of rotatable bonds is 0. The summed E-state index contributed by atoms with van der Waals surface area (Å²) in [6.45, 7) is 0. The number of halogens is 2. The third-order valence-electron chi connectivity index (χ3n) is 0. The van der Waals surface area contributed by atoms with Gasteiger partial charge < -0.3 is 0 Å². The fourth-order valence-corrected chi connectivity index (χ4v) is 0. The molecule has 0 spiro atoms. The molecule has 0 bridgehead atoms. The van der Waals surface area contributed by atoms with Crippen molar-refractivity contribution in [3.8, 4) is 0 Å². The third-order valence-corrected chi connectivity index (χ3v) is 0. The van der Waals surface area contributed by atoms with Gasteiger partial charge in [-0.3, -0.25) is 0 Å². The summed E-state index contributed by atoms with van der Waals surface area (Å²) in [7, 11) is 0. The van der Waals surface area contributed by atoms with Crippen molar-refractivity contribution in [1.29, 1.82) is 0 Å². The zero-order valence-corrected chi connectivity index (χ0v) is 9.32. The molecule has 4 heavy (non-hydrogen) atoms.